The average Bonchev–Trinajstić information content (AvgIpc) is 2.56. The summed E-state index contributed by atoms with van der Waals surface area (Å²) in [4.78, 5) is 23.4. The second kappa shape index (κ2) is 7.88. The van der Waals surface area contributed by atoms with E-state index in [9.17, 15) is 19.1 Å². The molecule has 0 aliphatic heterocycles. The van der Waals surface area contributed by atoms with Crippen molar-refractivity contribution >= 4 is 11.9 Å². The van der Waals surface area contributed by atoms with E-state index >= 15 is 0 Å². The van der Waals surface area contributed by atoms with Crippen LogP contribution in [0.15, 0.2) is 48.5 Å². The van der Waals surface area contributed by atoms with E-state index in [-0.39, 0.29) is 12.8 Å². The molecule has 2 rings (SSSR count). The first-order valence-electron chi connectivity index (χ1n) is 7.23. The molecule has 6 heteroatoms. The Morgan fingerprint density at radius 2 is 1.88 bits per heavy atom. The van der Waals surface area contributed by atoms with Crippen molar-refractivity contribution in [1.82, 2.24) is 5.32 Å². The van der Waals surface area contributed by atoms with Gasteiger partial charge in [-0.05, 0) is 35.4 Å². The van der Waals surface area contributed by atoms with Gasteiger partial charge < -0.3 is 10.4 Å². The number of carbonyl (C=O) groups is 2. The van der Waals surface area contributed by atoms with Gasteiger partial charge in [0.15, 0.2) is 0 Å². The fourth-order valence-corrected chi connectivity index (χ4v) is 2.24. The minimum Gasteiger partial charge on any atom is -0.480 e. The van der Waals surface area contributed by atoms with Crippen LogP contribution in [-0.2, 0) is 22.4 Å². The average molecular weight is 326 g/mol. The molecule has 2 aromatic rings. The number of nitrogens with zero attached hydrogens (tertiary/aromatic N) is 1. The molecule has 0 radical (unpaired) electrons. The Labute approximate surface area is 138 Å². The molecular weight excluding hydrogens is 311 g/mol. The molecule has 0 aliphatic rings. The van der Waals surface area contributed by atoms with Crippen molar-refractivity contribution < 1.29 is 19.1 Å². The molecule has 0 aromatic heterocycles. The summed E-state index contributed by atoms with van der Waals surface area (Å²) in [5, 5.41) is 20.6. The maximum atomic E-state index is 12.8. The zero-order chi connectivity index (χ0) is 17.5. The van der Waals surface area contributed by atoms with Crippen LogP contribution >= 0.6 is 0 Å². The van der Waals surface area contributed by atoms with Crippen molar-refractivity contribution in [1.29, 1.82) is 5.26 Å². The van der Waals surface area contributed by atoms with E-state index in [0.29, 0.717) is 16.7 Å². The molecule has 1 atom stereocenters. The van der Waals surface area contributed by atoms with Crippen molar-refractivity contribution in [2.45, 2.75) is 18.9 Å². The smallest absolute Gasteiger partial charge is 0.326 e. The van der Waals surface area contributed by atoms with E-state index in [1.807, 2.05) is 6.07 Å². The van der Waals surface area contributed by atoms with Crippen LogP contribution in [0.3, 0.4) is 0 Å². The third kappa shape index (κ3) is 4.92. The summed E-state index contributed by atoms with van der Waals surface area (Å²) in [6.45, 7) is 0. The number of amides is 1. The quantitative estimate of drug-likeness (QED) is 0.850. The lowest BCUT2D eigenvalue weighted by atomic mass is 10.0. The van der Waals surface area contributed by atoms with Crippen LogP contribution in [-0.4, -0.2) is 23.0 Å². The molecular formula is C18H15FN2O3. The number of halogens is 1. The van der Waals surface area contributed by atoms with Crippen LogP contribution in [0.2, 0.25) is 0 Å². The Morgan fingerprint density at radius 3 is 2.50 bits per heavy atom. The molecule has 1 amide bonds. The van der Waals surface area contributed by atoms with E-state index in [0.717, 1.165) is 0 Å². The van der Waals surface area contributed by atoms with Crippen molar-refractivity contribution in [3.63, 3.8) is 0 Å². The zero-order valence-electron chi connectivity index (χ0n) is 12.7. The normalized spacial score (nSPS) is 11.3. The Balaban J connectivity index is 2.02. The van der Waals surface area contributed by atoms with E-state index < -0.39 is 23.7 Å². The number of carboxylic acids is 1. The number of aliphatic carboxylic acids is 1. The highest BCUT2D eigenvalue weighted by Gasteiger charge is 2.20. The van der Waals surface area contributed by atoms with Gasteiger partial charge in [-0.1, -0.05) is 24.3 Å². The Hall–Kier alpha value is -3.20. The van der Waals surface area contributed by atoms with E-state index in [2.05, 4.69) is 5.32 Å². The number of carbonyl (C=O) groups excluding carboxylic acids is 1. The number of hydrogen-bond donors (Lipinski definition) is 2. The molecule has 2 aromatic carbocycles. The Kier molecular flexibility index (Phi) is 5.63. The summed E-state index contributed by atoms with van der Waals surface area (Å²) >= 11 is 0. The highest BCUT2D eigenvalue weighted by Crippen LogP contribution is 2.08. The molecule has 2 N–H and O–H groups in total. The zero-order valence-corrected chi connectivity index (χ0v) is 12.7. The van der Waals surface area contributed by atoms with Gasteiger partial charge in [-0.3, -0.25) is 4.79 Å². The predicted octanol–water partition coefficient (Wildman–Crippen LogP) is 2.05. The van der Waals surface area contributed by atoms with Gasteiger partial charge in [0.05, 0.1) is 18.1 Å². The summed E-state index contributed by atoms with van der Waals surface area (Å²) in [5.74, 6) is -2.03. The van der Waals surface area contributed by atoms with Crippen LogP contribution in [0.5, 0.6) is 0 Å². The first-order chi connectivity index (χ1) is 11.5. The van der Waals surface area contributed by atoms with Gasteiger partial charge in [0.1, 0.15) is 11.9 Å². The Bertz CT molecular complexity index is 782. The molecule has 24 heavy (non-hydrogen) atoms. The lowest BCUT2D eigenvalue weighted by Gasteiger charge is -2.15. The van der Waals surface area contributed by atoms with Crippen LogP contribution < -0.4 is 5.32 Å². The maximum absolute atomic E-state index is 12.8. The first kappa shape index (κ1) is 17.2. The number of rotatable bonds is 6. The van der Waals surface area contributed by atoms with Gasteiger partial charge in [0, 0.05) is 6.42 Å². The number of benzene rings is 2. The van der Waals surface area contributed by atoms with Crippen molar-refractivity contribution in [3.05, 3.63) is 71.0 Å². The molecule has 0 unspecified atom stereocenters. The molecule has 5 nitrogen and oxygen atoms in total. The monoisotopic (exact) mass is 326 g/mol. The van der Waals surface area contributed by atoms with E-state index in [1.54, 1.807) is 24.3 Å². The van der Waals surface area contributed by atoms with Crippen molar-refractivity contribution in [2.24, 2.45) is 0 Å². The van der Waals surface area contributed by atoms with Gasteiger partial charge in [0.2, 0.25) is 5.91 Å². The van der Waals surface area contributed by atoms with E-state index in [4.69, 9.17) is 5.26 Å². The third-order valence-electron chi connectivity index (χ3n) is 3.41. The molecule has 0 saturated heterocycles. The molecule has 0 fully saturated rings. The highest BCUT2D eigenvalue weighted by molar-refractivity contribution is 5.85. The van der Waals surface area contributed by atoms with Gasteiger partial charge in [-0.15, -0.1) is 0 Å². The second-order valence-corrected chi connectivity index (χ2v) is 5.28. The third-order valence-corrected chi connectivity index (χ3v) is 3.41. The maximum Gasteiger partial charge on any atom is 0.326 e. The van der Waals surface area contributed by atoms with Gasteiger partial charge in [-0.25, -0.2) is 9.18 Å². The number of nitrogens with one attached hydrogen (secondary N) is 1. The fraction of sp³-hybridized carbons (Fsp3) is 0.167. The molecule has 0 heterocycles. The minimum atomic E-state index is -1.16. The lowest BCUT2D eigenvalue weighted by Crippen LogP contribution is -2.43. The molecule has 0 saturated carbocycles. The SMILES string of the molecule is N#Cc1cccc(C[C@@H](NC(=O)Cc2ccc(F)cc2)C(=O)O)c1. The van der Waals surface area contributed by atoms with Crippen LogP contribution in [0.25, 0.3) is 0 Å². The summed E-state index contributed by atoms with van der Waals surface area (Å²) < 4.78 is 12.8. The molecule has 0 aliphatic carbocycles. The van der Waals surface area contributed by atoms with Crippen LogP contribution in [0, 0.1) is 17.1 Å². The molecule has 122 valence electrons. The summed E-state index contributed by atoms with van der Waals surface area (Å²) in [5.41, 5.74) is 1.65. The van der Waals surface area contributed by atoms with Gasteiger partial charge in [-0.2, -0.15) is 5.26 Å². The highest BCUT2D eigenvalue weighted by atomic mass is 19.1. The number of hydrogen-bond acceptors (Lipinski definition) is 3. The van der Waals surface area contributed by atoms with Crippen molar-refractivity contribution in [3.8, 4) is 6.07 Å². The standard InChI is InChI=1S/C18H15FN2O3/c19-15-6-4-12(5-7-15)10-17(22)21-16(18(23)24)9-13-2-1-3-14(8-13)11-20/h1-8,16H,9-10H2,(H,21,22)(H,23,24)/t16-/m1/s1. The summed E-state index contributed by atoms with van der Waals surface area (Å²) in [6, 6.07) is 12.9. The fourth-order valence-electron chi connectivity index (χ4n) is 2.24. The summed E-state index contributed by atoms with van der Waals surface area (Å²) in [6.07, 6.45) is 0.0301. The topological polar surface area (TPSA) is 90.2 Å². The molecule has 0 spiro atoms. The lowest BCUT2D eigenvalue weighted by molar-refractivity contribution is -0.141. The Morgan fingerprint density at radius 1 is 1.17 bits per heavy atom. The van der Waals surface area contributed by atoms with Gasteiger partial charge in [0.25, 0.3) is 0 Å². The largest absolute Gasteiger partial charge is 0.480 e. The van der Waals surface area contributed by atoms with Crippen molar-refractivity contribution in [2.75, 3.05) is 0 Å². The van der Waals surface area contributed by atoms with Crippen LogP contribution in [0.4, 0.5) is 4.39 Å². The summed E-state index contributed by atoms with van der Waals surface area (Å²) in [7, 11) is 0. The number of nitriles is 1. The predicted molar refractivity (Wildman–Crippen MR) is 84.5 cm³/mol. The van der Waals surface area contributed by atoms with Crippen LogP contribution in [0.1, 0.15) is 16.7 Å². The van der Waals surface area contributed by atoms with E-state index in [1.165, 1.54) is 24.3 Å². The minimum absolute atomic E-state index is 0.0394. The number of carboxylic acid groups (broad SMARTS) is 1. The van der Waals surface area contributed by atoms with Gasteiger partial charge >= 0.3 is 5.97 Å². The first-order valence-corrected chi connectivity index (χ1v) is 7.23. The second-order valence-electron chi connectivity index (χ2n) is 5.28. The molecule has 0 bridgehead atoms.